The van der Waals surface area contributed by atoms with Crippen LogP contribution < -0.4 is 10.6 Å². The third-order valence-corrected chi connectivity index (χ3v) is 4.96. The predicted octanol–water partition coefficient (Wildman–Crippen LogP) is 3.62. The fraction of sp³-hybridized carbons (Fsp3) is 0.381. The number of benzene rings is 2. The van der Waals surface area contributed by atoms with Crippen LogP contribution in [0.1, 0.15) is 30.4 Å². The molecular formula is C21H26N2O2. The van der Waals surface area contributed by atoms with Crippen molar-refractivity contribution in [2.24, 2.45) is 5.92 Å². The van der Waals surface area contributed by atoms with Crippen molar-refractivity contribution < 1.29 is 9.90 Å². The molecule has 3 N–H and O–H groups in total. The minimum atomic E-state index is -0.131. The number of aliphatic hydroxyl groups is 1. The molecule has 2 aromatic rings. The molecule has 1 fully saturated rings. The van der Waals surface area contributed by atoms with Gasteiger partial charge in [-0.25, -0.2) is 4.79 Å². The maximum atomic E-state index is 12.1. The van der Waals surface area contributed by atoms with Crippen LogP contribution in [0.5, 0.6) is 0 Å². The Morgan fingerprint density at radius 3 is 2.64 bits per heavy atom. The summed E-state index contributed by atoms with van der Waals surface area (Å²) < 4.78 is 0. The minimum absolute atomic E-state index is 0.131. The van der Waals surface area contributed by atoms with Gasteiger partial charge in [0.2, 0.25) is 0 Å². The number of rotatable bonds is 5. The number of aliphatic hydroxyl groups excluding tert-OH is 1. The highest BCUT2D eigenvalue weighted by Gasteiger charge is 2.25. The van der Waals surface area contributed by atoms with Crippen molar-refractivity contribution in [3.8, 4) is 11.1 Å². The molecule has 4 heteroatoms. The molecule has 1 aliphatic rings. The highest BCUT2D eigenvalue weighted by atomic mass is 16.3. The Labute approximate surface area is 149 Å². The molecule has 0 unspecified atom stereocenters. The summed E-state index contributed by atoms with van der Waals surface area (Å²) in [6, 6.07) is 16.7. The largest absolute Gasteiger partial charge is 0.396 e. The molecule has 0 heterocycles. The second kappa shape index (κ2) is 8.17. The Bertz CT molecular complexity index is 715. The first-order valence-electron chi connectivity index (χ1n) is 8.96. The molecule has 2 amide bonds. The zero-order chi connectivity index (χ0) is 17.6. The van der Waals surface area contributed by atoms with Crippen LogP contribution in [-0.2, 0) is 6.54 Å². The molecule has 2 atom stereocenters. The first kappa shape index (κ1) is 17.5. The number of urea groups is 1. The van der Waals surface area contributed by atoms with E-state index in [0.29, 0.717) is 12.5 Å². The van der Waals surface area contributed by atoms with Crippen LogP contribution in [0.25, 0.3) is 11.1 Å². The van der Waals surface area contributed by atoms with Crippen LogP contribution in [0.15, 0.2) is 48.5 Å². The first-order chi connectivity index (χ1) is 12.2. The van der Waals surface area contributed by atoms with Crippen molar-refractivity contribution in [1.82, 2.24) is 10.6 Å². The van der Waals surface area contributed by atoms with Gasteiger partial charge in [-0.3, -0.25) is 0 Å². The lowest BCUT2D eigenvalue weighted by atomic mass is 9.98. The van der Waals surface area contributed by atoms with Gasteiger partial charge in [-0.2, -0.15) is 0 Å². The summed E-state index contributed by atoms with van der Waals surface area (Å²) in [4.78, 5) is 12.1. The molecule has 25 heavy (non-hydrogen) atoms. The van der Waals surface area contributed by atoms with E-state index in [-0.39, 0.29) is 18.7 Å². The number of hydrogen-bond donors (Lipinski definition) is 3. The van der Waals surface area contributed by atoms with Crippen LogP contribution in [0, 0.1) is 12.8 Å². The summed E-state index contributed by atoms with van der Waals surface area (Å²) >= 11 is 0. The average molecular weight is 338 g/mol. The van der Waals surface area contributed by atoms with E-state index < -0.39 is 0 Å². The maximum Gasteiger partial charge on any atom is 0.315 e. The standard InChI is InChI=1S/C21H26N2O2/c1-15-11-16(8-10-20(15)18-5-3-2-4-6-18)13-22-21(25)23-19-9-7-17(12-19)14-24/h2-6,8,10-11,17,19,24H,7,9,12-14H2,1H3,(H2,22,23,25)/t17-,19+/m1/s1. The molecule has 1 aliphatic carbocycles. The highest BCUT2D eigenvalue weighted by molar-refractivity contribution is 5.74. The summed E-state index contributed by atoms with van der Waals surface area (Å²) in [6.07, 6.45) is 2.81. The molecule has 0 aliphatic heterocycles. The molecule has 0 saturated heterocycles. The van der Waals surface area contributed by atoms with Gasteiger partial charge in [0.15, 0.2) is 0 Å². The SMILES string of the molecule is Cc1cc(CNC(=O)N[C@H]2CC[C@@H](CO)C2)ccc1-c1ccccc1. The third kappa shape index (κ3) is 4.60. The Morgan fingerprint density at radius 1 is 1.16 bits per heavy atom. The highest BCUT2D eigenvalue weighted by Crippen LogP contribution is 2.25. The fourth-order valence-electron chi connectivity index (χ4n) is 3.57. The van der Waals surface area contributed by atoms with Gasteiger partial charge in [-0.1, -0.05) is 48.5 Å². The molecular weight excluding hydrogens is 312 g/mol. The second-order valence-corrected chi connectivity index (χ2v) is 6.90. The normalized spacial score (nSPS) is 19.6. The van der Waals surface area contributed by atoms with E-state index in [4.69, 9.17) is 0 Å². The molecule has 0 spiro atoms. The van der Waals surface area contributed by atoms with Crippen LogP contribution in [0.3, 0.4) is 0 Å². The van der Waals surface area contributed by atoms with E-state index in [1.807, 2.05) is 18.2 Å². The monoisotopic (exact) mass is 338 g/mol. The van der Waals surface area contributed by atoms with E-state index in [1.165, 1.54) is 16.7 Å². The Balaban J connectivity index is 1.53. The molecule has 3 rings (SSSR count). The molecule has 0 radical (unpaired) electrons. The summed E-state index contributed by atoms with van der Waals surface area (Å²) in [5.41, 5.74) is 4.71. The average Bonchev–Trinajstić information content (AvgIpc) is 3.08. The zero-order valence-corrected chi connectivity index (χ0v) is 14.7. The van der Waals surface area contributed by atoms with Crippen molar-refractivity contribution in [2.75, 3.05) is 6.61 Å². The molecule has 132 valence electrons. The third-order valence-electron chi connectivity index (χ3n) is 4.96. The fourth-order valence-corrected chi connectivity index (χ4v) is 3.57. The van der Waals surface area contributed by atoms with Crippen LogP contribution >= 0.6 is 0 Å². The number of aryl methyl sites for hydroxylation is 1. The summed E-state index contributed by atoms with van der Waals surface area (Å²) in [6.45, 7) is 2.82. The van der Waals surface area contributed by atoms with Gasteiger partial charge in [-0.15, -0.1) is 0 Å². The van der Waals surface area contributed by atoms with E-state index in [9.17, 15) is 9.90 Å². The van der Waals surface area contributed by atoms with Crippen molar-refractivity contribution in [2.45, 2.75) is 38.8 Å². The van der Waals surface area contributed by atoms with Gasteiger partial charge in [0.25, 0.3) is 0 Å². The van der Waals surface area contributed by atoms with Gasteiger partial charge < -0.3 is 15.7 Å². The van der Waals surface area contributed by atoms with E-state index >= 15 is 0 Å². The van der Waals surface area contributed by atoms with E-state index in [2.05, 4.69) is 47.9 Å². The van der Waals surface area contributed by atoms with Crippen molar-refractivity contribution in [3.63, 3.8) is 0 Å². The number of carbonyl (C=O) groups is 1. The Hall–Kier alpha value is -2.33. The first-order valence-corrected chi connectivity index (χ1v) is 8.96. The smallest absolute Gasteiger partial charge is 0.315 e. The lowest BCUT2D eigenvalue weighted by Crippen LogP contribution is -2.40. The molecule has 0 bridgehead atoms. The van der Waals surface area contributed by atoms with Gasteiger partial charge in [0, 0.05) is 19.2 Å². The zero-order valence-electron chi connectivity index (χ0n) is 14.7. The lowest BCUT2D eigenvalue weighted by Gasteiger charge is -2.14. The summed E-state index contributed by atoms with van der Waals surface area (Å²) in [7, 11) is 0. The summed E-state index contributed by atoms with van der Waals surface area (Å²) in [5.74, 6) is 0.332. The van der Waals surface area contributed by atoms with Crippen LogP contribution in [0.2, 0.25) is 0 Å². The molecule has 1 saturated carbocycles. The van der Waals surface area contributed by atoms with Gasteiger partial charge in [-0.05, 0) is 54.4 Å². The molecule has 0 aromatic heterocycles. The van der Waals surface area contributed by atoms with E-state index in [1.54, 1.807) is 0 Å². The number of hydrogen-bond acceptors (Lipinski definition) is 2. The minimum Gasteiger partial charge on any atom is -0.396 e. The molecule has 4 nitrogen and oxygen atoms in total. The van der Waals surface area contributed by atoms with Gasteiger partial charge in [0.05, 0.1) is 0 Å². The number of carbonyl (C=O) groups excluding carboxylic acids is 1. The maximum absolute atomic E-state index is 12.1. The number of nitrogens with one attached hydrogen (secondary N) is 2. The van der Waals surface area contributed by atoms with Crippen molar-refractivity contribution in [1.29, 1.82) is 0 Å². The van der Waals surface area contributed by atoms with Crippen LogP contribution in [-0.4, -0.2) is 23.8 Å². The Morgan fingerprint density at radius 2 is 1.96 bits per heavy atom. The van der Waals surface area contributed by atoms with Crippen molar-refractivity contribution >= 4 is 6.03 Å². The Kier molecular flexibility index (Phi) is 5.71. The van der Waals surface area contributed by atoms with Crippen molar-refractivity contribution in [3.05, 3.63) is 59.7 Å². The van der Waals surface area contributed by atoms with E-state index in [0.717, 1.165) is 24.8 Å². The summed E-state index contributed by atoms with van der Waals surface area (Å²) in [5, 5.41) is 15.1. The quantitative estimate of drug-likeness (QED) is 0.780. The topological polar surface area (TPSA) is 61.4 Å². The van der Waals surface area contributed by atoms with Gasteiger partial charge >= 0.3 is 6.03 Å². The van der Waals surface area contributed by atoms with Gasteiger partial charge in [0.1, 0.15) is 0 Å². The lowest BCUT2D eigenvalue weighted by molar-refractivity contribution is 0.223. The predicted molar refractivity (Wildman–Crippen MR) is 100 cm³/mol. The number of amides is 2. The molecule has 2 aromatic carbocycles. The second-order valence-electron chi connectivity index (χ2n) is 6.90. The van der Waals surface area contributed by atoms with Crippen LogP contribution in [0.4, 0.5) is 4.79 Å².